The number of pyridine rings is 1. The van der Waals surface area contributed by atoms with E-state index < -0.39 is 5.82 Å². The van der Waals surface area contributed by atoms with E-state index in [0.29, 0.717) is 17.1 Å². The van der Waals surface area contributed by atoms with Crippen molar-refractivity contribution < 1.29 is 4.39 Å². The zero-order valence-corrected chi connectivity index (χ0v) is 10.9. The van der Waals surface area contributed by atoms with Crippen molar-refractivity contribution in [2.24, 2.45) is 7.05 Å². The van der Waals surface area contributed by atoms with Crippen LogP contribution in [0.2, 0.25) is 0 Å². The second-order valence-corrected chi connectivity index (χ2v) is 4.45. The minimum absolute atomic E-state index is 0.395. The van der Waals surface area contributed by atoms with Crippen molar-refractivity contribution in [1.82, 2.24) is 14.8 Å². The molecule has 0 aliphatic heterocycles. The third kappa shape index (κ3) is 1.93. The molecule has 2 aromatic heterocycles. The predicted octanol–water partition coefficient (Wildman–Crippen LogP) is 2.87. The van der Waals surface area contributed by atoms with E-state index in [1.807, 2.05) is 30.3 Å². The third-order valence-electron chi connectivity index (χ3n) is 3.18. The highest BCUT2D eigenvalue weighted by molar-refractivity contribution is 5.88. The number of nitrogen functional groups attached to an aromatic ring is 1. The van der Waals surface area contributed by atoms with Crippen LogP contribution in [0.3, 0.4) is 0 Å². The Balaban J connectivity index is 2.28. The summed E-state index contributed by atoms with van der Waals surface area (Å²) < 4.78 is 15.5. The van der Waals surface area contributed by atoms with Crippen LogP contribution >= 0.6 is 0 Å². The van der Waals surface area contributed by atoms with Gasteiger partial charge in [0.2, 0.25) is 0 Å². The van der Waals surface area contributed by atoms with Gasteiger partial charge >= 0.3 is 0 Å². The summed E-state index contributed by atoms with van der Waals surface area (Å²) in [5.74, 6) is 0.0881. The minimum Gasteiger partial charge on any atom is -0.383 e. The molecule has 20 heavy (non-hydrogen) atoms. The summed E-state index contributed by atoms with van der Waals surface area (Å²) in [5, 5.41) is 4.34. The number of hydrogen-bond donors (Lipinski definition) is 1. The fourth-order valence-corrected chi connectivity index (χ4v) is 2.18. The van der Waals surface area contributed by atoms with Crippen LogP contribution in [0.1, 0.15) is 0 Å². The van der Waals surface area contributed by atoms with Gasteiger partial charge in [0.1, 0.15) is 11.5 Å². The van der Waals surface area contributed by atoms with Gasteiger partial charge in [0.25, 0.3) is 0 Å². The van der Waals surface area contributed by atoms with E-state index in [-0.39, 0.29) is 0 Å². The summed E-state index contributed by atoms with van der Waals surface area (Å²) in [5.41, 5.74) is 8.65. The molecular weight excluding hydrogens is 255 g/mol. The van der Waals surface area contributed by atoms with E-state index in [2.05, 4.69) is 10.1 Å². The van der Waals surface area contributed by atoms with Crippen molar-refractivity contribution in [3.63, 3.8) is 0 Å². The molecule has 0 amide bonds. The first-order valence-electron chi connectivity index (χ1n) is 6.16. The number of halogens is 1. The molecule has 2 heterocycles. The van der Waals surface area contributed by atoms with Gasteiger partial charge in [0.05, 0.1) is 11.8 Å². The van der Waals surface area contributed by atoms with E-state index in [1.54, 1.807) is 17.8 Å². The Morgan fingerprint density at radius 2 is 1.90 bits per heavy atom. The van der Waals surface area contributed by atoms with Crippen LogP contribution in [0.4, 0.5) is 10.2 Å². The van der Waals surface area contributed by atoms with Gasteiger partial charge in [-0.25, -0.2) is 4.39 Å². The van der Waals surface area contributed by atoms with Crippen molar-refractivity contribution in [3.05, 3.63) is 54.6 Å². The molecule has 0 aliphatic carbocycles. The highest BCUT2D eigenvalue weighted by Gasteiger charge is 2.19. The van der Waals surface area contributed by atoms with E-state index >= 15 is 0 Å². The van der Waals surface area contributed by atoms with Gasteiger partial charge in [0.15, 0.2) is 5.82 Å². The first-order chi connectivity index (χ1) is 9.68. The SMILES string of the molecule is Cn1nc(-c2ccncc2F)c(-c2ccccc2)c1N. The van der Waals surface area contributed by atoms with Crippen LogP contribution in [0.15, 0.2) is 48.8 Å². The Kier molecular flexibility index (Phi) is 2.95. The maximum absolute atomic E-state index is 14.0. The van der Waals surface area contributed by atoms with Gasteiger partial charge in [-0.15, -0.1) is 0 Å². The number of hydrogen-bond acceptors (Lipinski definition) is 3. The molecule has 5 heteroatoms. The molecule has 0 unspecified atom stereocenters. The molecule has 3 aromatic rings. The van der Waals surface area contributed by atoms with E-state index in [0.717, 1.165) is 11.1 Å². The maximum atomic E-state index is 14.0. The summed E-state index contributed by atoms with van der Waals surface area (Å²) in [4.78, 5) is 3.76. The molecule has 1 aromatic carbocycles. The number of benzene rings is 1. The smallest absolute Gasteiger partial charge is 0.150 e. The molecule has 2 N–H and O–H groups in total. The average Bonchev–Trinajstić information content (AvgIpc) is 2.76. The predicted molar refractivity (Wildman–Crippen MR) is 76.2 cm³/mol. The minimum atomic E-state index is -0.414. The second-order valence-electron chi connectivity index (χ2n) is 4.45. The molecule has 0 spiro atoms. The van der Waals surface area contributed by atoms with Gasteiger partial charge < -0.3 is 5.73 Å². The Bertz CT molecular complexity index is 750. The lowest BCUT2D eigenvalue weighted by molar-refractivity contribution is 0.623. The second kappa shape index (κ2) is 4.77. The number of nitrogens with two attached hydrogens (primary N) is 1. The van der Waals surface area contributed by atoms with Gasteiger partial charge in [-0.3, -0.25) is 9.67 Å². The fraction of sp³-hybridized carbons (Fsp3) is 0.0667. The van der Waals surface area contributed by atoms with Gasteiger partial charge in [-0.1, -0.05) is 30.3 Å². The first-order valence-corrected chi connectivity index (χ1v) is 6.16. The Hall–Kier alpha value is -2.69. The van der Waals surface area contributed by atoms with Gasteiger partial charge in [-0.05, 0) is 11.6 Å². The highest BCUT2D eigenvalue weighted by Crippen LogP contribution is 2.36. The largest absolute Gasteiger partial charge is 0.383 e. The maximum Gasteiger partial charge on any atom is 0.150 e. The lowest BCUT2D eigenvalue weighted by Gasteiger charge is -2.04. The average molecular weight is 268 g/mol. The quantitative estimate of drug-likeness (QED) is 0.777. The van der Waals surface area contributed by atoms with Crippen LogP contribution in [0.25, 0.3) is 22.4 Å². The molecule has 0 atom stereocenters. The number of anilines is 1. The Morgan fingerprint density at radius 1 is 1.15 bits per heavy atom. The van der Waals surface area contributed by atoms with Crippen molar-refractivity contribution in [1.29, 1.82) is 0 Å². The molecule has 0 bridgehead atoms. The monoisotopic (exact) mass is 268 g/mol. The lowest BCUT2D eigenvalue weighted by Crippen LogP contribution is -1.97. The van der Waals surface area contributed by atoms with E-state index in [4.69, 9.17) is 5.73 Å². The van der Waals surface area contributed by atoms with Crippen LogP contribution in [0.5, 0.6) is 0 Å². The zero-order chi connectivity index (χ0) is 14.1. The standard InChI is InChI=1S/C15H13FN4/c1-20-15(17)13(10-5-3-2-4-6-10)14(19-20)11-7-8-18-9-12(11)16/h2-9H,17H2,1H3. The van der Waals surface area contributed by atoms with E-state index in [9.17, 15) is 4.39 Å². The van der Waals surface area contributed by atoms with Crippen LogP contribution in [0, 0.1) is 5.82 Å². The summed E-state index contributed by atoms with van der Waals surface area (Å²) in [7, 11) is 1.74. The van der Waals surface area contributed by atoms with Crippen LogP contribution < -0.4 is 5.73 Å². The third-order valence-corrected chi connectivity index (χ3v) is 3.18. The number of aryl methyl sites for hydroxylation is 1. The highest BCUT2D eigenvalue weighted by atomic mass is 19.1. The molecule has 0 aliphatic rings. The molecule has 100 valence electrons. The number of nitrogens with zero attached hydrogens (tertiary/aromatic N) is 3. The molecule has 0 saturated heterocycles. The number of rotatable bonds is 2. The summed E-state index contributed by atoms with van der Waals surface area (Å²) in [6.07, 6.45) is 2.72. The molecule has 0 saturated carbocycles. The van der Waals surface area contributed by atoms with Crippen LogP contribution in [-0.4, -0.2) is 14.8 Å². The van der Waals surface area contributed by atoms with Crippen LogP contribution in [-0.2, 0) is 7.05 Å². The Morgan fingerprint density at radius 3 is 2.60 bits per heavy atom. The number of aromatic nitrogens is 3. The van der Waals surface area contributed by atoms with Gasteiger partial charge in [-0.2, -0.15) is 5.10 Å². The molecular formula is C15H13FN4. The van der Waals surface area contributed by atoms with Crippen molar-refractivity contribution in [3.8, 4) is 22.4 Å². The summed E-state index contributed by atoms with van der Waals surface area (Å²) in [6.45, 7) is 0. The molecule has 3 rings (SSSR count). The molecule has 4 nitrogen and oxygen atoms in total. The summed E-state index contributed by atoms with van der Waals surface area (Å²) >= 11 is 0. The first kappa shape index (κ1) is 12.3. The van der Waals surface area contributed by atoms with Crippen molar-refractivity contribution in [2.45, 2.75) is 0 Å². The topological polar surface area (TPSA) is 56.7 Å². The molecule has 0 radical (unpaired) electrons. The van der Waals surface area contributed by atoms with Gasteiger partial charge in [0, 0.05) is 18.8 Å². The fourth-order valence-electron chi connectivity index (χ4n) is 2.18. The Labute approximate surface area is 115 Å². The molecule has 0 fully saturated rings. The zero-order valence-electron chi connectivity index (χ0n) is 10.9. The van der Waals surface area contributed by atoms with Crippen molar-refractivity contribution >= 4 is 5.82 Å². The summed E-state index contributed by atoms with van der Waals surface area (Å²) in [6, 6.07) is 11.2. The van der Waals surface area contributed by atoms with Crippen molar-refractivity contribution in [2.75, 3.05) is 5.73 Å². The van der Waals surface area contributed by atoms with E-state index in [1.165, 1.54) is 12.4 Å². The normalized spacial score (nSPS) is 10.7. The lowest BCUT2D eigenvalue weighted by atomic mass is 10.0.